The number of rotatable bonds is 6. The van der Waals surface area contributed by atoms with Crippen LogP contribution in [0.2, 0.25) is 0 Å². The molecule has 1 nitrogen and oxygen atoms in total. The molecule has 1 saturated heterocycles. The first-order valence-electron chi connectivity index (χ1n) is 7.36. The zero-order valence-electron chi connectivity index (χ0n) is 12.1. The molecular formula is C18H25N. The van der Waals surface area contributed by atoms with Gasteiger partial charge < -0.3 is 4.90 Å². The molecule has 1 heteroatoms. The minimum absolute atomic E-state index is 0.675. The van der Waals surface area contributed by atoms with E-state index in [1.54, 1.807) is 0 Å². The molecule has 2 rings (SSSR count). The fraction of sp³-hybridized carbons (Fsp3) is 0.444. The van der Waals surface area contributed by atoms with Gasteiger partial charge in [0.05, 0.1) is 0 Å². The first-order chi connectivity index (χ1) is 9.22. The van der Waals surface area contributed by atoms with Crippen molar-refractivity contribution in [2.24, 2.45) is 0 Å². The van der Waals surface area contributed by atoms with Gasteiger partial charge in [-0.15, -0.1) is 6.58 Å². The maximum atomic E-state index is 4.32. The van der Waals surface area contributed by atoms with Gasteiger partial charge in [-0.25, -0.2) is 0 Å². The Kier molecular flexibility index (Phi) is 4.84. The average molecular weight is 255 g/mol. The summed E-state index contributed by atoms with van der Waals surface area (Å²) in [7, 11) is 0. The predicted octanol–water partition coefficient (Wildman–Crippen LogP) is 4.79. The van der Waals surface area contributed by atoms with Gasteiger partial charge in [-0.3, -0.25) is 0 Å². The standard InChI is InChI=1S/C18H25N/c1-4-5-6-8-18-9-7-14-19(18)16(3)17-12-10-15(2)11-13-17/h4,10-13,18H,1,3,5-9,14H2,2H3. The van der Waals surface area contributed by atoms with Crippen LogP contribution in [0.5, 0.6) is 0 Å². The number of unbranched alkanes of at least 4 members (excludes halogenated alkanes) is 1. The van der Waals surface area contributed by atoms with E-state index in [0.29, 0.717) is 6.04 Å². The van der Waals surface area contributed by atoms with Crippen LogP contribution in [-0.2, 0) is 0 Å². The van der Waals surface area contributed by atoms with Crippen LogP contribution in [0.25, 0.3) is 5.70 Å². The maximum absolute atomic E-state index is 4.32. The molecule has 1 heterocycles. The van der Waals surface area contributed by atoms with Crippen molar-refractivity contribution in [3.63, 3.8) is 0 Å². The van der Waals surface area contributed by atoms with Gasteiger partial charge >= 0.3 is 0 Å². The summed E-state index contributed by atoms with van der Waals surface area (Å²) in [6.07, 6.45) is 8.25. The lowest BCUT2D eigenvalue weighted by Crippen LogP contribution is -2.27. The van der Waals surface area contributed by atoms with Crippen molar-refractivity contribution in [2.45, 2.75) is 45.1 Å². The van der Waals surface area contributed by atoms with E-state index in [9.17, 15) is 0 Å². The number of hydrogen-bond acceptors (Lipinski definition) is 1. The average Bonchev–Trinajstić information content (AvgIpc) is 2.87. The quantitative estimate of drug-likeness (QED) is 0.522. The lowest BCUT2D eigenvalue weighted by Gasteiger charge is -2.29. The molecule has 0 spiro atoms. The molecule has 1 unspecified atom stereocenters. The Bertz CT molecular complexity index is 430. The number of aryl methyl sites for hydroxylation is 1. The van der Waals surface area contributed by atoms with E-state index in [-0.39, 0.29) is 0 Å². The smallest absolute Gasteiger partial charge is 0.0369 e. The molecule has 102 valence electrons. The summed E-state index contributed by atoms with van der Waals surface area (Å²) < 4.78 is 0. The molecule has 0 aromatic heterocycles. The number of benzene rings is 1. The van der Waals surface area contributed by atoms with Gasteiger partial charge in [-0.05, 0) is 44.6 Å². The Morgan fingerprint density at radius 1 is 1.37 bits per heavy atom. The number of hydrogen-bond donors (Lipinski definition) is 0. The normalized spacial score (nSPS) is 18.6. The van der Waals surface area contributed by atoms with Crippen molar-refractivity contribution >= 4 is 5.70 Å². The van der Waals surface area contributed by atoms with E-state index < -0.39 is 0 Å². The third-order valence-corrected chi connectivity index (χ3v) is 4.05. The molecule has 1 aromatic carbocycles. The van der Waals surface area contributed by atoms with Crippen LogP contribution in [0, 0.1) is 6.92 Å². The summed E-state index contributed by atoms with van der Waals surface area (Å²) >= 11 is 0. The number of allylic oxidation sites excluding steroid dienone is 1. The van der Waals surface area contributed by atoms with Crippen molar-refractivity contribution in [1.29, 1.82) is 0 Å². The summed E-state index contributed by atoms with van der Waals surface area (Å²) in [5.41, 5.74) is 3.77. The zero-order valence-corrected chi connectivity index (χ0v) is 12.1. The molecular weight excluding hydrogens is 230 g/mol. The van der Waals surface area contributed by atoms with E-state index in [0.717, 1.165) is 13.0 Å². The van der Waals surface area contributed by atoms with Gasteiger partial charge in [-0.2, -0.15) is 0 Å². The summed E-state index contributed by atoms with van der Waals surface area (Å²) in [5, 5.41) is 0. The molecule has 0 saturated carbocycles. The summed E-state index contributed by atoms with van der Waals surface area (Å²) in [6, 6.07) is 9.40. The number of nitrogens with zero attached hydrogens (tertiary/aromatic N) is 1. The molecule has 1 aromatic rings. The van der Waals surface area contributed by atoms with Gasteiger partial charge in [0, 0.05) is 18.3 Å². The van der Waals surface area contributed by atoms with Crippen LogP contribution in [-0.4, -0.2) is 17.5 Å². The maximum Gasteiger partial charge on any atom is 0.0369 e. The van der Waals surface area contributed by atoms with E-state index >= 15 is 0 Å². The first-order valence-corrected chi connectivity index (χ1v) is 7.36. The molecule has 0 amide bonds. The fourth-order valence-electron chi connectivity index (χ4n) is 2.90. The van der Waals surface area contributed by atoms with Gasteiger partial charge in [0.25, 0.3) is 0 Å². The van der Waals surface area contributed by atoms with Gasteiger partial charge in [-0.1, -0.05) is 42.5 Å². The minimum atomic E-state index is 0.675. The Morgan fingerprint density at radius 2 is 2.11 bits per heavy atom. The van der Waals surface area contributed by atoms with Crippen molar-refractivity contribution < 1.29 is 0 Å². The van der Waals surface area contributed by atoms with Crippen LogP contribution in [0.1, 0.15) is 43.2 Å². The van der Waals surface area contributed by atoms with Crippen molar-refractivity contribution in [1.82, 2.24) is 4.90 Å². The predicted molar refractivity (Wildman–Crippen MR) is 84.0 cm³/mol. The lowest BCUT2D eigenvalue weighted by atomic mass is 10.0. The summed E-state index contributed by atoms with van der Waals surface area (Å²) in [4.78, 5) is 2.51. The van der Waals surface area contributed by atoms with E-state index in [1.165, 1.54) is 42.5 Å². The third kappa shape index (κ3) is 3.50. The van der Waals surface area contributed by atoms with Gasteiger partial charge in [0.15, 0.2) is 0 Å². The van der Waals surface area contributed by atoms with Crippen LogP contribution >= 0.6 is 0 Å². The second kappa shape index (κ2) is 6.60. The molecule has 0 aliphatic carbocycles. The summed E-state index contributed by atoms with van der Waals surface area (Å²) in [5.74, 6) is 0. The van der Waals surface area contributed by atoms with Gasteiger partial charge in [0.1, 0.15) is 0 Å². The van der Waals surface area contributed by atoms with Crippen LogP contribution in [0.15, 0.2) is 43.5 Å². The van der Waals surface area contributed by atoms with Crippen molar-refractivity contribution in [2.75, 3.05) is 6.54 Å². The SMILES string of the molecule is C=CCCCC1CCCN1C(=C)c1ccc(C)cc1. The molecule has 0 N–H and O–H groups in total. The molecule has 1 fully saturated rings. The summed E-state index contributed by atoms with van der Waals surface area (Å²) in [6.45, 7) is 11.4. The molecule has 1 aliphatic rings. The highest BCUT2D eigenvalue weighted by Gasteiger charge is 2.25. The Labute approximate surface area is 117 Å². The van der Waals surface area contributed by atoms with E-state index in [1.807, 2.05) is 6.08 Å². The molecule has 1 atom stereocenters. The van der Waals surface area contributed by atoms with E-state index in [4.69, 9.17) is 0 Å². The molecule has 0 bridgehead atoms. The fourth-order valence-corrected chi connectivity index (χ4v) is 2.90. The Hall–Kier alpha value is -1.50. The monoisotopic (exact) mass is 255 g/mol. The van der Waals surface area contributed by atoms with Crippen LogP contribution in [0.4, 0.5) is 0 Å². The molecule has 0 radical (unpaired) electrons. The molecule has 1 aliphatic heterocycles. The minimum Gasteiger partial charge on any atom is -0.369 e. The zero-order chi connectivity index (χ0) is 13.7. The number of likely N-dealkylation sites (tertiary alicyclic amines) is 1. The van der Waals surface area contributed by atoms with Crippen LogP contribution < -0.4 is 0 Å². The second-order valence-corrected chi connectivity index (χ2v) is 5.52. The van der Waals surface area contributed by atoms with E-state index in [2.05, 4.69) is 49.2 Å². The third-order valence-electron chi connectivity index (χ3n) is 4.05. The Morgan fingerprint density at radius 3 is 2.79 bits per heavy atom. The van der Waals surface area contributed by atoms with Crippen LogP contribution in [0.3, 0.4) is 0 Å². The topological polar surface area (TPSA) is 3.24 Å². The molecule has 19 heavy (non-hydrogen) atoms. The van der Waals surface area contributed by atoms with Crippen molar-refractivity contribution in [3.8, 4) is 0 Å². The largest absolute Gasteiger partial charge is 0.369 e. The first kappa shape index (κ1) is 13.9. The van der Waals surface area contributed by atoms with Gasteiger partial charge in [0.2, 0.25) is 0 Å². The highest BCUT2D eigenvalue weighted by molar-refractivity contribution is 5.62. The highest BCUT2D eigenvalue weighted by Crippen LogP contribution is 2.30. The second-order valence-electron chi connectivity index (χ2n) is 5.52. The highest BCUT2D eigenvalue weighted by atomic mass is 15.2. The Balaban J connectivity index is 2.00. The van der Waals surface area contributed by atoms with Crippen molar-refractivity contribution in [3.05, 3.63) is 54.6 Å². The lowest BCUT2D eigenvalue weighted by molar-refractivity contribution is 0.345.